The van der Waals surface area contributed by atoms with Gasteiger partial charge in [-0.3, -0.25) is 9.59 Å². The van der Waals surface area contributed by atoms with Crippen LogP contribution in [0.5, 0.6) is 17.2 Å². The van der Waals surface area contributed by atoms with E-state index in [9.17, 15) is 9.59 Å². The topological polar surface area (TPSA) is 133 Å². The summed E-state index contributed by atoms with van der Waals surface area (Å²) in [6.07, 6.45) is 0. The van der Waals surface area contributed by atoms with Crippen LogP contribution in [0.15, 0.2) is 45.6 Å². The third kappa shape index (κ3) is 3.93. The number of carbonyl (C=O) groups is 1. The van der Waals surface area contributed by atoms with Crippen molar-refractivity contribution in [2.75, 3.05) is 33.3 Å². The van der Waals surface area contributed by atoms with Crippen molar-refractivity contribution in [2.45, 2.75) is 6.04 Å². The van der Waals surface area contributed by atoms with E-state index in [0.717, 1.165) is 0 Å². The van der Waals surface area contributed by atoms with Crippen LogP contribution in [0.2, 0.25) is 0 Å². The molecule has 0 saturated heterocycles. The molecule has 0 fully saturated rings. The normalized spacial score (nSPS) is 11.8. The molecule has 9 heteroatoms. The first-order chi connectivity index (χ1) is 14.4. The first-order valence-electron chi connectivity index (χ1n) is 8.98. The number of amides is 1. The van der Waals surface area contributed by atoms with Crippen LogP contribution in [0.4, 0.5) is 5.69 Å². The predicted molar refractivity (Wildman–Crippen MR) is 111 cm³/mol. The van der Waals surface area contributed by atoms with Crippen molar-refractivity contribution in [3.8, 4) is 28.6 Å². The molecule has 0 saturated carbocycles. The Kier molecular flexibility index (Phi) is 6.24. The van der Waals surface area contributed by atoms with Gasteiger partial charge in [-0.2, -0.15) is 0 Å². The number of carbonyl (C=O) groups excluding carboxylic acids is 1. The summed E-state index contributed by atoms with van der Waals surface area (Å²) in [5.74, 6) is 0.602. The number of benzene rings is 2. The fraction of sp³-hybridized carbons (Fsp3) is 0.238. The molecule has 30 heavy (non-hydrogen) atoms. The van der Waals surface area contributed by atoms with Crippen molar-refractivity contribution >= 4 is 22.6 Å². The van der Waals surface area contributed by atoms with E-state index in [2.05, 4.69) is 5.32 Å². The second kappa shape index (κ2) is 8.85. The van der Waals surface area contributed by atoms with Crippen LogP contribution in [-0.2, 0) is 4.79 Å². The van der Waals surface area contributed by atoms with Crippen molar-refractivity contribution in [3.63, 3.8) is 0 Å². The zero-order chi connectivity index (χ0) is 21.8. The lowest BCUT2D eigenvalue weighted by atomic mass is 10.1. The van der Waals surface area contributed by atoms with Crippen LogP contribution in [0, 0.1) is 0 Å². The summed E-state index contributed by atoms with van der Waals surface area (Å²) in [6, 6.07) is 8.54. The lowest BCUT2D eigenvalue weighted by molar-refractivity contribution is -0.118. The Balaban J connectivity index is 2.11. The van der Waals surface area contributed by atoms with Crippen LogP contribution in [0.1, 0.15) is 0 Å². The highest BCUT2D eigenvalue weighted by Gasteiger charge is 2.21. The van der Waals surface area contributed by atoms with Crippen LogP contribution in [-0.4, -0.2) is 45.0 Å². The van der Waals surface area contributed by atoms with Gasteiger partial charge in [0.05, 0.1) is 27.9 Å². The van der Waals surface area contributed by atoms with Crippen LogP contribution in [0.25, 0.3) is 22.3 Å². The molecule has 0 spiro atoms. The summed E-state index contributed by atoms with van der Waals surface area (Å²) in [4.78, 5) is 24.8. The number of hydrogen-bond acceptors (Lipinski definition) is 8. The molecule has 158 valence electrons. The van der Waals surface area contributed by atoms with E-state index in [1.807, 2.05) is 0 Å². The number of aliphatic hydroxyl groups is 1. The maximum absolute atomic E-state index is 12.9. The molecule has 1 amide bonds. The highest BCUT2D eigenvalue weighted by Crippen LogP contribution is 2.42. The van der Waals surface area contributed by atoms with Gasteiger partial charge in [0.25, 0.3) is 0 Å². The highest BCUT2D eigenvalue weighted by molar-refractivity contribution is 5.95. The summed E-state index contributed by atoms with van der Waals surface area (Å²) >= 11 is 0. The quantitative estimate of drug-likeness (QED) is 0.532. The molecule has 0 unspecified atom stereocenters. The SMILES string of the molecule is COc1cc2oc(-c3cccc(NC(=O)[C@@H](N)CO)c3)cc(=O)c2c(OC)c1OC. The Bertz CT molecular complexity index is 1140. The standard InChI is InChI=1S/C21H22N2O7/c1-27-17-9-16-18(20(29-3)19(17)28-2)14(25)8-15(30-16)11-5-4-6-12(7-11)23-21(26)13(22)10-24/h4-9,13,24H,10,22H2,1-3H3,(H,23,26)/t13-/m0/s1. The van der Waals surface area contributed by atoms with Crippen molar-refractivity contribution < 1.29 is 28.5 Å². The smallest absolute Gasteiger partial charge is 0.243 e. The third-order valence-corrected chi connectivity index (χ3v) is 4.47. The van der Waals surface area contributed by atoms with Crippen molar-refractivity contribution in [1.82, 2.24) is 0 Å². The van der Waals surface area contributed by atoms with Crippen LogP contribution < -0.4 is 30.7 Å². The second-order valence-corrected chi connectivity index (χ2v) is 6.35. The number of ether oxygens (including phenoxy) is 3. The van der Waals surface area contributed by atoms with Gasteiger partial charge in [-0.05, 0) is 12.1 Å². The summed E-state index contributed by atoms with van der Waals surface area (Å²) in [7, 11) is 4.34. The molecular formula is C21H22N2O7. The Morgan fingerprint density at radius 2 is 1.87 bits per heavy atom. The first kappa shape index (κ1) is 21.2. The van der Waals surface area contributed by atoms with Gasteiger partial charge >= 0.3 is 0 Å². The average Bonchev–Trinajstić information content (AvgIpc) is 2.76. The molecule has 0 aliphatic carbocycles. The number of fused-ring (bicyclic) bond motifs is 1. The molecule has 0 radical (unpaired) electrons. The van der Waals surface area contributed by atoms with Crippen LogP contribution in [0.3, 0.4) is 0 Å². The first-order valence-corrected chi connectivity index (χ1v) is 8.98. The van der Waals surface area contributed by atoms with E-state index in [0.29, 0.717) is 17.0 Å². The Labute approximate surface area is 172 Å². The zero-order valence-electron chi connectivity index (χ0n) is 16.7. The molecule has 0 aliphatic rings. The molecule has 0 aliphatic heterocycles. The summed E-state index contributed by atoms with van der Waals surface area (Å²) in [5.41, 5.74) is 6.43. The fourth-order valence-corrected chi connectivity index (χ4v) is 3.00. The van der Waals surface area contributed by atoms with E-state index < -0.39 is 18.6 Å². The van der Waals surface area contributed by atoms with Crippen molar-refractivity contribution in [1.29, 1.82) is 0 Å². The highest BCUT2D eigenvalue weighted by atomic mass is 16.5. The van der Waals surface area contributed by atoms with E-state index in [1.54, 1.807) is 30.3 Å². The summed E-state index contributed by atoms with van der Waals surface area (Å²) in [6.45, 7) is -0.474. The van der Waals surface area contributed by atoms with E-state index >= 15 is 0 Å². The summed E-state index contributed by atoms with van der Waals surface area (Å²) < 4.78 is 22.0. The molecule has 9 nitrogen and oxygen atoms in total. The van der Waals surface area contributed by atoms with Gasteiger partial charge in [0, 0.05) is 23.4 Å². The van der Waals surface area contributed by atoms with Gasteiger partial charge in [0.2, 0.25) is 11.7 Å². The molecule has 1 aromatic heterocycles. The number of hydrogen-bond donors (Lipinski definition) is 3. The zero-order valence-corrected chi connectivity index (χ0v) is 16.7. The van der Waals surface area contributed by atoms with Crippen molar-refractivity contribution in [3.05, 3.63) is 46.6 Å². The number of nitrogens with one attached hydrogen (secondary N) is 1. The Hall–Kier alpha value is -3.56. The lowest BCUT2D eigenvalue weighted by Gasteiger charge is -2.14. The van der Waals surface area contributed by atoms with E-state index in [1.165, 1.54) is 27.4 Å². The molecule has 3 rings (SSSR count). The Morgan fingerprint density at radius 1 is 1.13 bits per heavy atom. The minimum Gasteiger partial charge on any atom is -0.493 e. The van der Waals surface area contributed by atoms with Gasteiger partial charge in [-0.25, -0.2) is 0 Å². The van der Waals surface area contributed by atoms with Gasteiger partial charge in [0.15, 0.2) is 16.9 Å². The number of rotatable bonds is 7. The van der Waals surface area contributed by atoms with Crippen molar-refractivity contribution in [2.24, 2.45) is 5.73 Å². The number of nitrogens with two attached hydrogens (primary N) is 1. The molecule has 3 aromatic rings. The number of aliphatic hydroxyl groups excluding tert-OH is 1. The fourth-order valence-electron chi connectivity index (χ4n) is 3.00. The van der Waals surface area contributed by atoms with Gasteiger partial charge < -0.3 is 34.8 Å². The second-order valence-electron chi connectivity index (χ2n) is 6.35. The van der Waals surface area contributed by atoms with E-state index in [-0.39, 0.29) is 33.7 Å². The minimum absolute atomic E-state index is 0.214. The molecular weight excluding hydrogens is 392 g/mol. The third-order valence-electron chi connectivity index (χ3n) is 4.47. The average molecular weight is 414 g/mol. The number of methoxy groups -OCH3 is 3. The summed E-state index contributed by atoms with van der Waals surface area (Å²) in [5, 5.41) is 11.8. The monoisotopic (exact) mass is 414 g/mol. The molecule has 4 N–H and O–H groups in total. The van der Waals surface area contributed by atoms with Gasteiger partial charge in [0.1, 0.15) is 22.8 Å². The predicted octanol–water partition coefficient (Wildman–Crippen LogP) is 1.74. The van der Waals surface area contributed by atoms with Gasteiger partial charge in [-0.1, -0.05) is 12.1 Å². The molecule has 0 bridgehead atoms. The lowest BCUT2D eigenvalue weighted by Crippen LogP contribution is -2.38. The maximum atomic E-state index is 12.9. The van der Waals surface area contributed by atoms with E-state index in [4.69, 9.17) is 29.5 Å². The van der Waals surface area contributed by atoms with Crippen LogP contribution >= 0.6 is 0 Å². The Morgan fingerprint density at radius 3 is 2.50 bits per heavy atom. The molecule has 1 atom stereocenters. The minimum atomic E-state index is -1.04. The number of anilines is 1. The maximum Gasteiger partial charge on any atom is 0.243 e. The molecule has 1 heterocycles. The molecule has 2 aromatic carbocycles. The van der Waals surface area contributed by atoms with Gasteiger partial charge in [-0.15, -0.1) is 0 Å². The largest absolute Gasteiger partial charge is 0.493 e.